The van der Waals surface area contributed by atoms with Gasteiger partial charge in [-0.05, 0) is 43.4 Å². The molecule has 1 atom stereocenters. The molecule has 38 heavy (non-hydrogen) atoms. The summed E-state index contributed by atoms with van der Waals surface area (Å²) < 4.78 is 30.2. The van der Waals surface area contributed by atoms with Crippen molar-refractivity contribution in [3.63, 3.8) is 0 Å². The molecule has 1 aliphatic heterocycles. The Bertz CT molecular complexity index is 1350. The van der Waals surface area contributed by atoms with Crippen LogP contribution in [-0.4, -0.2) is 71.1 Å². The monoisotopic (exact) mass is 542 g/mol. The number of carbonyl (C=O) groups is 1. The van der Waals surface area contributed by atoms with Crippen LogP contribution in [0.3, 0.4) is 0 Å². The third kappa shape index (κ3) is 6.27. The molecule has 2 N–H and O–H groups in total. The van der Waals surface area contributed by atoms with Gasteiger partial charge < -0.3 is 14.8 Å². The van der Waals surface area contributed by atoms with Gasteiger partial charge in [0, 0.05) is 32.7 Å². The molecule has 3 aromatic rings. The molecule has 11 heteroatoms. The summed E-state index contributed by atoms with van der Waals surface area (Å²) >= 11 is 0. The lowest BCUT2D eigenvalue weighted by Gasteiger charge is -2.33. The van der Waals surface area contributed by atoms with Crippen LogP contribution in [0.4, 0.5) is 0 Å². The fraction of sp³-hybridized carbons (Fsp3) is 0.593. The van der Waals surface area contributed by atoms with Gasteiger partial charge in [-0.1, -0.05) is 43.3 Å². The Balaban J connectivity index is 1.35. The summed E-state index contributed by atoms with van der Waals surface area (Å²) in [6, 6.07) is 6.01. The Labute approximate surface area is 224 Å². The molecule has 1 amide bonds. The minimum Gasteiger partial charge on any atom is -0.364 e. The van der Waals surface area contributed by atoms with E-state index in [0.29, 0.717) is 43.4 Å². The first kappa shape index (κ1) is 26.8. The smallest absolute Gasteiger partial charge is 0.257 e. The lowest BCUT2D eigenvalue weighted by molar-refractivity contribution is 0.0911. The number of aromatic amines is 1. The fourth-order valence-electron chi connectivity index (χ4n) is 5.75. The quantitative estimate of drug-likeness (QED) is 0.466. The highest BCUT2D eigenvalue weighted by Crippen LogP contribution is 2.33. The highest BCUT2D eigenvalue weighted by molar-refractivity contribution is 7.88. The molecule has 2 fully saturated rings. The van der Waals surface area contributed by atoms with Gasteiger partial charge in [0.1, 0.15) is 17.7 Å². The standard InChI is InChI=1S/C27H38N6O4S/c1-19-22(18-37-31-19)27(34)30-25(21-8-6-4-3-5-7-9-21)26-28-23-11-10-20(16-24(23)29-26)17-32-12-14-33(15-13-32)38(2,35)36/h10-11,16,18,21,25H,3-9,12-15,17H2,1-2H3,(H,28,29)(H,30,34). The average molecular weight is 543 g/mol. The maximum atomic E-state index is 13.2. The van der Waals surface area contributed by atoms with Crippen LogP contribution in [0.5, 0.6) is 0 Å². The molecule has 2 aromatic heterocycles. The highest BCUT2D eigenvalue weighted by atomic mass is 32.2. The van der Waals surface area contributed by atoms with E-state index in [-0.39, 0.29) is 11.9 Å². The van der Waals surface area contributed by atoms with E-state index in [1.54, 1.807) is 6.92 Å². The molecule has 0 spiro atoms. The van der Waals surface area contributed by atoms with Crippen LogP contribution in [-0.2, 0) is 16.6 Å². The van der Waals surface area contributed by atoms with Gasteiger partial charge in [0.2, 0.25) is 10.0 Å². The molecule has 0 radical (unpaired) electrons. The molecule has 1 aliphatic carbocycles. The number of aromatic nitrogens is 3. The second-order valence-electron chi connectivity index (χ2n) is 10.8. The summed E-state index contributed by atoms with van der Waals surface area (Å²) in [5.74, 6) is 0.891. The lowest BCUT2D eigenvalue weighted by atomic mass is 9.85. The van der Waals surface area contributed by atoms with Crippen LogP contribution in [0.15, 0.2) is 29.0 Å². The van der Waals surface area contributed by atoms with Gasteiger partial charge in [0.25, 0.3) is 5.91 Å². The normalized spacial score (nSPS) is 19.7. The number of aryl methyl sites for hydroxylation is 1. The molecule has 1 unspecified atom stereocenters. The van der Waals surface area contributed by atoms with Crippen molar-refractivity contribution in [3.8, 4) is 0 Å². The van der Waals surface area contributed by atoms with Gasteiger partial charge in [-0.2, -0.15) is 4.31 Å². The molecule has 1 saturated heterocycles. The van der Waals surface area contributed by atoms with Crippen molar-refractivity contribution < 1.29 is 17.7 Å². The predicted octanol–water partition coefficient (Wildman–Crippen LogP) is 3.77. The number of rotatable bonds is 7. The molecule has 5 rings (SSSR count). The zero-order valence-corrected chi connectivity index (χ0v) is 23.1. The molecule has 1 aromatic carbocycles. The number of imidazole rings is 1. The molecule has 206 valence electrons. The number of benzene rings is 1. The van der Waals surface area contributed by atoms with E-state index < -0.39 is 10.0 Å². The van der Waals surface area contributed by atoms with Gasteiger partial charge in [-0.3, -0.25) is 9.69 Å². The third-order valence-electron chi connectivity index (χ3n) is 7.97. The van der Waals surface area contributed by atoms with Gasteiger partial charge in [0.15, 0.2) is 0 Å². The average Bonchev–Trinajstić information content (AvgIpc) is 3.48. The summed E-state index contributed by atoms with van der Waals surface area (Å²) in [4.78, 5) is 23.9. The van der Waals surface area contributed by atoms with Crippen LogP contribution in [0.25, 0.3) is 11.0 Å². The fourth-order valence-corrected chi connectivity index (χ4v) is 6.58. The maximum absolute atomic E-state index is 13.2. The van der Waals surface area contributed by atoms with E-state index in [1.165, 1.54) is 36.1 Å². The minimum absolute atomic E-state index is 0.190. The van der Waals surface area contributed by atoms with Crippen LogP contribution in [0, 0.1) is 12.8 Å². The van der Waals surface area contributed by atoms with Gasteiger partial charge >= 0.3 is 0 Å². The maximum Gasteiger partial charge on any atom is 0.257 e. The molecular formula is C27H38N6O4S. The Morgan fingerprint density at radius 3 is 2.50 bits per heavy atom. The summed E-state index contributed by atoms with van der Waals surface area (Å²) in [6.45, 7) is 4.95. The van der Waals surface area contributed by atoms with Crippen molar-refractivity contribution in [2.75, 3.05) is 32.4 Å². The number of piperazine rings is 1. The van der Waals surface area contributed by atoms with E-state index in [2.05, 4.69) is 38.6 Å². The molecule has 2 aliphatic rings. The van der Waals surface area contributed by atoms with Crippen molar-refractivity contribution in [1.82, 2.24) is 29.6 Å². The first-order valence-corrected chi connectivity index (χ1v) is 15.5. The van der Waals surface area contributed by atoms with E-state index in [1.807, 2.05) is 0 Å². The van der Waals surface area contributed by atoms with Crippen LogP contribution >= 0.6 is 0 Å². The predicted molar refractivity (Wildman–Crippen MR) is 145 cm³/mol. The number of H-pyrrole nitrogens is 1. The topological polar surface area (TPSA) is 124 Å². The van der Waals surface area contributed by atoms with Crippen molar-refractivity contribution in [2.45, 2.75) is 64.5 Å². The van der Waals surface area contributed by atoms with Crippen molar-refractivity contribution >= 4 is 27.0 Å². The second-order valence-corrected chi connectivity index (χ2v) is 12.8. The zero-order valence-electron chi connectivity index (χ0n) is 22.3. The van der Waals surface area contributed by atoms with E-state index >= 15 is 0 Å². The van der Waals surface area contributed by atoms with Crippen LogP contribution < -0.4 is 5.32 Å². The summed E-state index contributed by atoms with van der Waals surface area (Å²) in [5, 5.41) is 7.13. The third-order valence-corrected chi connectivity index (χ3v) is 9.27. The molecule has 0 bridgehead atoms. The SMILES string of the molecule is Cc1nocc1C(=O)NC(c1nc2cc(CN3CCN(S(C)(=O)=O)CC3)ccc2[nH]1)C1CCCCCCC1. The summed E-state index contributed by atoms with van der Waals surface area (Å²) in [6.07, 6.45) is 10.8. The Hall–Kier alpha value is -2.76. The Morgan fingerprint density at radius 2 is 1.84 bits per heavy atom. The minimum atomic E-state index is -3.14. The largest absolute Gasteiger partial charge is 0.364 e. The number of sulfonamides is 1. The molecular weight excluding hydrogens is 504 g/mol. The number of nitrogens with zero attached hydrogens (tertiary/aromatic N) is 4. The highest BCUT2D eigenvalue weighted by Gasteiger charge is 2.30. The van der Waals surface area contributed by atoms with Crippen molar-refractivity contribution in [1.29, 1.82) is 0 Å². The van der Waals surface area contributed by atoms with Gasteiger partial charge in [-0.15, -0.1) is 0 Å². The first-order chi connectivity index (χ1) is 18.3. The van der Waals surface area contributed by atoms with Crippen molar-refractivity contribution in [3.05, 3.63) is 47.1 Å². The molecule has 1 saturated carbocycles. The number of fused-ring (bicyclic) bond motifs is 1. The van der Waals surface area contributed by atoms with E-state index in [9.17, 15) is 13.2 Å². The van der Waals surface area contributed by atoms with E-state index in [0.717, 1.165) is 54.6 Å². The number of nitrogens with one attached hydrogen (secondary N) is 2. The van der Waals surface area contributed by atoms with Gasteiger partial charge in [-0.25, -0.2) is 13.4 Å². The second kappa shape index (κ2) is 11.5. The Kier molecular flexibility index (Phi) is 8.15. The lowest BCUT2D eigenvalue weighted by Crippen LogP contribution is -2.47. The first-order valence-electron chi connectivity index (χ1n) is 13.7. The van der Waals surface area contributed by atoms with E-state index in [4.69, 9.17) is 9.51 Å². The van der Waals surface area contributed by atoms with Crippen molar-refractivity contribution in [2.24, 2.45) is 5.92 Å². The number of carbonyl (C=O) groups excluding carboxylic acids is 1. The number of hydrogen-bond acceptors (Lipinski definition) is 7. The number of amides is 1. The van der Waals surface area contributed by atoms with Crippen LogP contribution in [0.1, 0.15) is 78.4 Å². The zero-order chi connectivity index (χ0) is 26.7. The Morgan fingerprint density at radius 1 is 1.13 bits per heavy atom. The van der Waals surface area contributed by atoms with Crippen LogP contribution in [0.2, 0.25) is 0 Å². The molecule has 10 nitrogen and oxygen atoms in total. The summed E-state index contributed by atoms with van der Waals surface area (Å²) in [7, 11) is -3.14. The molecule has 3 heterocycles. The summed E-state index contributed by atoms with van der Waals surface area (Å²) in [5.41, 5.74) is 3.98. The van der Waals surface area contributed by atoms with Gasteiger partial charge in [0.05, 0.1) is 29.0 Å². The number of hydrogen-bond donors (Lipinski definition) is 2.